The van der Waals surface area contributed by atoms with Gasteiger partial charge in [0.25, 0.3) is 0 Å². The Balaban J connectivity index is 2.96. The van der Waals surface area contributed by atoms with Crippen LogP contribution in [-0.2, 0) is 0 Å². The molecule has 0 unspecified atom stereocenters. The SMILES string of the molecule is NC=C(O)c1cnccn1. The standard InChI is InChI=1S/C6H7N3O/c7-3-6(10)5-4-8-1-2-9-5/h1-4,10H,7H2. The molecule has 0 radical (unpaired) electrons. The molecule has 0 fully saturated rings. The van der Waals surface area contributed by atoms with Gasteiger partial charge in [-0.05, 0) is 0 Å². The fourth-order valence-corrected chi connectivity index (χ4v) is 0.517. The highest BCUT2D eigenvalue weighted by Crippen LogP contribution is 2.01. The van der Waals surface area contributed by atoms with E-state index < -0.39 is 0 Å². The van der Waals surface area contributed by atoms with Crippen molar-refractivity contribution in [3.05, 3.63) is 30.5 Å². The Labute approximate surface area is 58.0 Å². The van der Waals surface area contributed by atoms with Crippen LogP contribution in [0.2, 0.25) is 0 Å². The van der Waals surface area contributed by atoms with Gasteiger partial charge in [0, 0.05) is 18.6 Å². The summed E-state index contributed by atoms with van der Waals surface area (Å²) < 4.78 is 0. The number of nitrogens with two attached hydrogens (primary N) is 1. The minimum Gasteiger partial charge on any atom is -0.504 e. The molecule has 0 spiro atoms. The van der Waals surface area contributed by atoms with Crippen LogP contribution in [0, 0.1) is 0 Å². The number of nitrogens with zero attached hydrogens (tertiary/aromatic N) is 2. The van der Waals surface area contributed by atoms with Crippen LogP contribution in [0.25, 0.3) is 5.76 Å². The fourth-order valence-electron chi connectivity index (χ4n) is 0.517. The summed E-state index contributed by atoms with van der Waals surface area (Å²) in [5.41, 5.74) is 5.40. The molecule has 0 saturated heterocycles. The first-order chi connectivity index (χ1) is 4.84. The largest absolute Gasteiger partial charge is 0.504 e. The van der Waals surface area contributed by atoms with Crippen LogP contribution in [0.4, 0.5) is 0 Å². The van der Waals surface area contributed by atoms with Crippen molar-refractivity contribution in [2.24, 2.45) is 5.73 Å². The smallest absolute Gasteiger partial charge is 0.158 e. The second-order valence-corrected chi connectivity index (χ2v) is 1.64. The molecule has 0 bridgehead atoms. The second kappa shape index (κ2) is 2.82. The maximum atomic E-state index is 8.96. The topological polar surface area (TPSA) is 72.0 Å². The van der Waals surface area contributed by atoms with Gasteiger partial charge in [0.15, 0.2) is 5.76 Å². The lowest BCUT2D eigenvalue weighted by molar-refractivity contribution is 0.506. The van der Waals surface area contributed by atoms with Gasteiger partial charge in [-0.2, -0.15) is 0 Å². The zero-order chi connectivity index (χ0) is 7.40. The van der Waals surface area contributed by atoms with Gasteiger partial charge in [0.05, 0.1) is 6.20 Å². The zero-order valence-corrected chi connectivity index (χ0v) is 5.23. The summed E-state index contributed by atoms with van der Waals surface area (Å²) in [5, 5.41) is 8.96. The molecule has 0 saturated carbocycles. The predicted octanol–water partition coefficient (Wildman–Crippen LogP) is 0.292. The van der Waals surface area contributed by atoms with Crippen LogP contribution in [0.5, 0.6) is 0 Å². The van der Waals surface area contributed by atoms with Crippen LogP contribution in [0.3, 0.4) is 0 Å². The molecule has 1 aromatic rings. The average Bonchev–Trinajstić information content (AvgIpc) is 2.05. The van der Waals surface area contributed by atoms with E-state index in [1.807, 2.05) is 0 Å². The molecule has 1 aromatic heterocycles. The molecule has 52 valence electrons. The minimum absolute atomic E-state index is 0.0619. The van der Waals surface area contributed by atoms with Crippen molar-refractivity contribution < 1.29 is 5.11 Å². The van der Waals surface area contributed by atoms with E-state index in [1.165, 1.54) is 18.6 Å². The highest BCUT2D eigenvalue weighted by molar-refractivity contribution is 5.52. The van der Waals surface area contributed by atoms with E-state index in [-0.39, 0.29) is 5.76 Å². The Kier molecular flexibility index (Phi) is 1.84. The number of aromatic nitrogens is 2. The Hall–Kier alpha value is -1.58. The Morgan fingerprint density at radius 3 is 2.90 bits per heavy atom. The van der Waals surface area contributed by atoms with Gasteiger partial charge in [0.1, 0.15) is 5.69 Å². The van der Waals surface area contributed by atoms with E-state index in [0.29, 0.717) is 5.69 Å². The predicted molar refractivity (Wildman–Crippen MR) is 36.8 cm³/mol. The van der Waals surface area contributed by atoms with E-state index in [2.05, 4.69) is 9.97 Å². The Bertz CT molecular complexity index is 232. The lowest BCUT2D eigenvalue weighted by Crippen LogP contribution is -1.91. The fraction of sp³-hybridized carbons (Fsp3) is 0. The van der Waals surface area contributed by atoms with Gasteiger partial charge in [-0.25, -0.2) is 4.98 Å². The summed E-state index contributed by atoms with van der Waals surface area (Å²) in [6, 6.07) is 0. The molecule has 1 rings (SSSR count). The van der Waals surface area contributed by atoms with Gasteiger partial charge in [-0.3, -0.25) is 4.98 Å². The first-order valence-electron chi connectivity index (χ1n) is 2.72. The second-order valence-electron chi connectivity index (χ2n) is 1.64. The van der Waals surface area contributed by atoms with Crippen molar-refractivity contribution in [2.45, 2.75) is 0 Å². The van der Waals surface area contributed by atoms with E-state index >= 15 is 0 Å². The van der Waals surface area contributed by atoms with Gasteiger partial charge < -0.3 is 10.8 Å². The number of aliphatic hydroxyl groups excluding tert-OH is 1. The van der Waals surface area contributed by atoms with Crippen LogP contribution in [0.1, 0.15) is 5.69 Å². The monoisotopic (exact) mass is 137 g/mol. The molecular weight excluding hydrogens is 130 g/mol. The normalized spacial score (nSPS) is 11.4. The summed E-state index contributed by atoms with van der Waals surface area (Å²) in [4.78, 5) is 7.52. The molecule has 0 amide bonds. The molecule has 0 aliphatic carbocycles. The van der Waals surface area contributed by atoms with Gasteiger partial charge in [0.2, 0.25) is 0 Å². The summed E-state index contributed by atoms with van der Waals surface area (Å²) in [6.07, 6.45) is 5.51. The summed E-state index contributed by atoms with van der Waals surface area (Å²) >= 11 is 0. The van der Waals surface area contributed by atoms with Gasteiger partial charge in [-0.15, -0.1) is 0 Å². The lowest BCUT2D eigenvalue weighted by atomic mass is 10.4. The molecule has 0 aliphatic rings. The molecular formula is C6H7N3O. The first kappa shape index (κ1) is 6.54. The van der Waals surface area contributed by atoms with Crippen LogP contribution < -0.4 is 5.73 Å². The number of hydrogen-bond acceptors (Lipinski definition) is 4. The molecule has 0 aromatic carbocycles. The highest BCUT2D eigenvalue weighted by atomic mass is 16.3. The van der Waals surface area contributed by atoms with E-state index in [0.717, 1.165) is 6.20 Å². The highest BCUT2D eigenvalue weighted by Gasteiger charge is 1.95. The zero-order valence-electron chi connectivity index (χ0n) is 5.23. The maximum absolute atomic E-state index is 8.96. The molecule has 0 atom stereocenters. The lowest BCUT2D eigenvalue weighted by Gasteiger charge is -1.93. The average molecular weight is 137 g/mol. The third kappa shape index (κ3) is 1.22. The number of aliphatic hydroxyl groups is 1. The summed E-state index contributed by atoms with van der Waals surface area (Å²) in [6.45, 7) is 0. The molecule has 10 heavy (non-hydrogen) atoms. The molecule has 0 aliphatic heterocycles. The number of rotatable bonds is 1. The first-order valence-corrected chi connectivity index (χ1v) is 2.72. The van der Waals surface area contributed by atoms with Crippen molar-refractivity contribution in [3.63, 3.8) is 0 Å². The quantitative estimate of drug-likeness (QED) is 0.546. The van der Waals surface area contributed by atoms with E-state index in [4.69, 9.17) is 10.8 Å². The van der Waals surface area contributed by atoms with Crippen molar-refractivity contribution in [1.29, 1.82) is 0 Å². The number of hydrogen-bond donors (Lipinski definition) is 2. The van der Waals surface area contributed by atoms with Crippen molar-refractivity contribution in [2.75, 3.05) is 0 Å². The van der Waals surface area contributed by atoms with Gasteiger partial charge in [-0.1, -0.05) is 0 Å². The minimum atomic E-state index is -0.0619. The van der Waals surface area contributed by atoms with Crippen LogP contribution in [-0.4, -0.2) is 15.1 Å². The molecule has 3 N–H and O–H groups in total. The van der Waals surface area contributed by atoms with Crippen LogP contribution in [0.15, 0.2) is 24.8 Å². The van der Waals surface area contributed by atoms with Crippen molar-refractivity contribution >= 4 is 5.76 Å². The summed E-state index contributed by atoms with van der Waals surface area (Å²) in [5.74, 6) is -0.0619. The Morgan fingerprint density at radius 2 is 2.40 bits per heavy atom. The van der Waals surface area contributed by atoms with Crippen LogP contribution >= 0.6 is 0 Å². The molecule has 1 heterocycles. The van der Waals surface area contributed by atoms with E-state index in [9.17, 15) is 0 Å². The van der Waals surface area contributed by atoms with E-state index in [1.54, 1.807) is 0 Å². The van der Waals surface area contributed by atoms with Crippen molar-refractivity contribution in [1.82, 2.24) is 9.97 Å². The third-order valence-electron chi connectivity index (χ3n) is 0.983. The molecule has 4 nitrogen and oxygen atoms in total. The van der Waals surface area contributed by atoms with Crippen molar-refractivity contribution in [3.8, 4) is 0 Å². The molecule has 4 heteroatoms. The maximum Gasteiger partial charge on any atom is 0.158 e. The third-order valence-corrected chi connectivity index (χ3v) is 0.983. The Morgan fingerprint density at radius 1 is 1.60 bits per heavy atom. The summed E-state index contributed by atoms with van der Waals surface area (Å²) in [7, 11) is 0. The van der Waals surface area contributed by atoms with Gasteiger partial charge >= 0.3 is 0 Å².